The highest BCUT2D eigenvalue weighted by atomic mass is 32.2. The first-order valence-corrected chi connectivity index (χ1v) is 11.8. The Morgan fingerprint density at radius 3 is 2.42 bits per heavy atom. The average molecular weight is 469 g/mol. The lowest BCUT2D eigenvalue weighted by Gasteiger charge is -2.34. The van der Waals surface area contributed by atoms with E-state index in [9.17, 15) is 13.2 Å². The van der Waals surface area contributed by atoms with E-state index in [0.29, 0.717) is 28.6 Å². The minimum Gasteiger partial charge on any atom is -0.493 e. The lowest BCUT2D eigenvalue weighted by Crippen LogP contribution is -2.42. The Morgan fingerprint density at radius 1 is 1.03 bits per heavy atom. The fourth-order valence-electron chi connectivity index (χ4n) is 3.49. The number of anilines is 2. The minimum absolute atomic E-state index is 0.120. The molecule has 4 rings (SSSR count). The van der Waals surface area contributed by atoms with Gasteiger partial charge >= 0.3 is 0 Å². The van der Waals surface area contributed by atoms with Crippen molar-refractivity contribution in [2.24, 2.45) is 0 Å². The van der Waals surface area contributed by atoms with Gasteiger partial charge in [0.25, 0.3) is 15.9 Å². The largest absolute Gasteiger partial charge is 0.493 e. The molecule has 0 aliphatic carbocycles. The molecule has 1 N–H and O–H groups in total. The molecule has 1 atom stereocenters. The molecule has 0 radical (unpaired) electrons. The molecule has 0 saturated carbocycles. The highest BCUT2D eigenvalue weighted by Gasteiger charge is 2.32. The van der Waals surface area contributed by atoms with Crippen LogP contribution in [0.1, 0.15) is 6.92 Å². The second kappa shape index (κ2) is 9.41. The summed E-state index contributed by atoms with van der Waals surface area (Å²) < 4.78 is 44.4. The van der Waals surface area contributed by atoms with Crippen LogP contribution in [0.3, 0.4) is 0 Å². The zero-order valence-electron chi connectivity index (χ0n) is 18.2. The molecular weight excluding hydrogens is 444 g/mol. The van der Waals surface area contributed by atoms with E-state index in [1.54, 1.807) is 60.7 Å². The Labute approximate surface area is 192 Å². The van der Waals surface area contributed by atoms with E-state index in [2.05, 4.69) is 5.32 Å². The maximum atomic E-state index is 13.3. The predicted molar refractivity (Wildman–Crippen MR) is 125 cm³/mol. The van der Waals surface area contributed by atoms with Crippen LogP contribution in [0.15, 0.2) is 77.7 Å². The summed E-state index contributed by atoms with van der Waals surface area (Å²) in [7, 11) is -2.28. The number of amides is 1. The van der Waals surface area contributed by atoms with Crippen LogP contribution >= 0.6 is 0 Å². The Morgan fingerprint density at radius 2 is 1.70 bits per heavy atom. The molecule has 1 aliphatic heterocycles. The number of nitrogens with zero attached hydrogens (tertiary/aromatic N) is 1. The van der Waals surface area contributed by atoms with Crippen molar-refractivity contribution in [2.45, 2.75) is 17.9 Å². The van der Waals surface area contributed by atoms with Crippen molar-refractivity contribution in [1.82, 2.24) is 0 Å². The van der Waals surface area contributed by atoms with Gasteiger partial charge in [-0.1, -0.05) is 24.3 Å². The van der Waals surface area contributed by atoms with Gasteiger partial charge in [-0.15, -0.1) is 0 Å². The number of ether oxygens (including phenoxy) is 3. The summed E-state index contributed by atoms with van der Waals surface area (Å²) in [6.45, 7) is 1.81. The molecule has 3 aromatic rings. The van der Waals surface area contributed by atoms with Crippen molar-refractivity contribution in [1.29, 1.82) is 0 Å². The normalized spacial score (nSPS) is 15.2. The SMILES string of the molecule is COc1ccccc1OCC(=O)Nc1ccc(S(=O)(=O)N2C[C@@H](C)Oc3ccccc32)cc1. The Kier molecular flexibility index (Phi) is 6.41. The number of rotatable bonds is 7. The maximum Gasteiger partial charge on any atom is 0.264 e. The summed E-state index contributed by atoms with van der Waals surface area (Å²) in [4.78, 5) is 12.4. The number of benzene rings is 3. The Hall–Kier alpha value is -3.72. The third-order valence-electron chi connectivity index (χ3n) is 5.04. The van der Waals surface area contributed by atoms with Crippen LogP contribution in [0.5, 0.6) is 17.2 Å². The highest BCUT2D eigenvalue weighted by Crippen LogP contribution is 2.36. The van der Waals surface area contributed by atoms with E-state index in [0.717, 1.165) is 0 Å². The number of para-hydroxylation sites is 4. The van der Waals surface area contributed by atoms with Gasteiger partial charge in [-0.05, 0) is 55.5 Å². The zero-order valence-corrected chi connectivity index (χ0v) is 19.0. The van der Waals surface area contributed by atoms with Crippen molar-refractivity contribution >= 4 is 27.3 Å². The summed E-state index contributed by atoms with van der Waals surface area (Å²) in [5.74, 6) is 1.13. The number of carbonyl (C=O) groups excluding carboxylic acids is 1. The molecule has 172 valence electrons. The molecule has 0 fully saturated rings. The van der Waals surface area contributed by atoms with E-state index in [4.69, 9.17) is 14.2 Å². The highest BCUT2D eigenvalue weighted by molar-refractivity contribution is 7.92. The van der Waals surface area contributed by atoms with Gasteiger partial charge in [-0.25, -0.2) is 8.42 Å². The molecule has 3 aromatic carbocycles. The van der Waals surface area contributed by atoms with Gasteiger partial charge in [0.1, 0.15) is 11.9 Å². The second-order valence-corrected chi connectivity index (χ2v) is 9.31. The Bertz CT molecular complexity index is 1240. The minimum atomic E-state index is -3.81. The molecule has 0 aromatic heterocycles. The van der Waals surface area contributed by atoms with Gasteiger partial charge < -0.3 is 19.5 Å². The van der Waals surface area contributed by atoms with Gasteiger partial charge in [-0.2, -0.15) is 0 Å². The van der Waals surface area contributed by atoms with Crippen LogP contribution < -0.4 is 23.8 Å². The predicted octanol–water partition coefficient (Wildman–Crippen LogP) is 3.69. The fourth-order valence-corrected chi connectivity index (χ4v) is 5.04. The lowest BCUT2D eigenvalue weighted by atomic mass is 10.2. The molecule has 9 heteroatoms. The van der Waals surface area contributed by atoms with E-state index >= 15 is 0 Å². The van der Waals surface area contributed by atoms with E-state index in [-0.39, 0.29) is 30.1 Å². The van der Waals surface area contributed by atoms with Gasteiger partial charge in [-0.3, -0.25) is 9.10 Å². The van der Waals surface area contributed by atoms with Gasteiger partial charge in [0.15, 0.2) is 18.1 Å². The van der Waals surface area contributed by atoms with Crippen LogP contribution in [-0.4, -0.2) is 40.7 Å². The average Bonchev–Trinajstić information content (AvgIpc) is 2.82. The first-order chi connectivity index (χ1) is 15.9. The molecular formula is C24H24N2O6S. The number of fused-ring (bicyclic) bond motifs is 1. The molecule has 8 nitrogen and oxygen atoms in total. The number of hydrogen-bond acceptors (Lipinski definition) is 6. The van der Waals surface area contributed by atoms with E-state index in [1.165, 1.54) is 23.5 Å². The van der Waals surface area contributed by atoms with Crippen LogP contribution in [0.25, 0.3) is 0 Å². The van der Waals surface area contributed by atoms with Crippen molar-refractivity contribution in [3.63, 3.8) is 0 Å². The number of nitrogens with one attached hydrogen (secondary N) is 1. The summed E-state index contributed by atoms with van der Waals surface area (Å²) in [6, 6.07) is 20.1. The smallest absolute Gasteiger partial charge is 0.264 e. The fraction of sp³-hybridized carbons (Fsp3) is 0.208. The van der Waals surface area contributed by atoms with Crippen molar-refractivity contribution in [3.8, 4) is 17.2 Å². The van der Waals surface area contributed by atoms with Crippen LogP contribution in [0, 0.1) is 0 Å². The molecule has 1 heterocycles. The van der Waals surface area contributed by atoms with Crippen molar-refractivity contribution in [3.05, 3.63) is 72.8 Å². The Balaban J connectivity index is 1.44. The summed E-state index contributed by atoms with van der Waals surface area (Å²) >= 11 is 0. The van der Waals surface area contributed by atoms with Crippen LogP contribution in [0.4, 0.5) is 11.4 Å². The monoisotopic (exact) mass is 468 g/mol. The molecule has 1 amide bonds. The van der Waals surface area contributed by atoms with Crippen LogP contribution in [-0.2, 0) is 14.8 Å². The molecule has 0 spiro atoms. The summed E-state index contributed by atoms with van der Waals surface area (Å²) in [5, 5.41) is 2.70. The maximum absolute atomic E-state index is 13.3. The standard InChI is InChI=1S/C24H24N2O6S/c1-17-15-26(20-7-3-4-8-21(20)32-17)33(28,29)19-13-11-18(12-14-19)25-24(27)16-31-23-10-6-5-9-22(23)30-2/h3-14,17H,15-16H2,1-2H3,(H,25,27)/t17-/m1/s1. The topological polar surface area (TPSA) is 94.2 Å². The molecule has 1 aliphatic rings. The van der Waals surface area contributed by atoms with Gasteiger partial charge in [0.05, 0.1) is 24.2 Å². The van der Waals surface area contributed by atoms with Crippen LogP contribution in [0.2, 0.25) is 0 Å². The third kappa shape index (κ3) is 4.88. The quantitative estimate of drug-likeness (QED) is 0.568. The number of sulfonamides is 1. The van der Waals surface area contributed by atoms with E-state index in [1.807, 2.05) is 6.92 Å². The number of methoxy groups -OCH3 is 1. The van der Waals surface area contributed by atoms with E-state index < -0.39 is 10.0 Å². The molecule has 0 bridgehead atoms. The molecule has 0 saturated heterocycles. The number of hydrogen-bond donors (Lipinski definition) is 1. The first kappa shape index (κ1) is 22.5. The van der Waals surface area contributed by atoms with Crippen molar-refractivity contribution in [2.75, 3.05) is 29.9 Å². The second-order valence-electron chi connectivity index (χ2n) is 7.44. The summed E-state index contributed by atoms with van der Waals surface area (Å²) in [6.07, 6.45) is -0.281. The lowest BCUT2D eigenvalue weighted by molar-refractivity contribution is -0.118. The van der Waals surface area contributed by atoms with Gasteiger partial charge in [0, 0.05) is 5.69 Å². The number of carbonyl (C=O) groups is 1. The van der Waals surface area contributed by atoms with Crippen molar-refractivity contribution < 1.29 is 27.4 Å². The molecule has 0 unspecified atom stereocenters. The summed E-state index contributed by atoms with van der Waals surface area (Å²) in [5.41, 5.74) is 0.958. The molecule has 33 heavy (non-hydrogen) atoms. The third-order valence-corrected chi connectivity index (χ3v) is 6.83. The first-order valence-electron chi connectivity index (χ1n) is 10.3. The zero-order chi connectivity index (χ0) is 23.4. The van der Waals surface area contributed by atoms with Gasteiger partial charge in [0.2, 0.25) is 0 Å².